The van der Waals surface area contributed by atoms with Gasteiger partial charge in [-0.3, -0.25) is 33.9 Å². The van der Waals surface area contributed by atoms with Crippen LogP contribution in [0, 0.1) is 19.8 Å². The van der Waals surface area contributed by atoms with E-state index in [1.165, 1.54) is 0 Å². The SMILES string of the molecule is CCn1nc(C)cc1C(=O)Nc1nc2cc(C(N)=O)ccc2n1CCC[C@@H]1COc2cc(C(N)=O)cc3c2C1[C@@](N)(NC(=O)c1cc(C)nn1CC)C3N. The van der Waals surface area contributed by atoms with Crippen LogP contribution in [0.1, 0.15) is 103 Å². The highest BCUT2D eigenvalue weighted by atomic mass is 16.5. The number of rotatable bonds is 12. The van der Waals surface area contributed by atoms with Crippen molar-refractivity contribution in [1.29, 1.82) is 0 Å². The minimum Gasteiger partial charge on any atom is -0.493 e. The molecule has 0 saturated carbocycles. The monoisotopic (exact) mass is 736 g/mol. The Morgan fingerprint density at radius 1 is 0.907 bits per heavy atom. The lowest BCUT2D eigenvalue weighted by Gasteiger charge is -2.42. The molecular weight excluding hydrogens is 692 g/mol. The molecule has 0 bridgehead atoms. The van der Waals surface area contributed by atoms with Gasteiger partial charge in [0.15, 0.2) is 0 Å². The fourth-order valence-corrected chi connectivity index (χ4v) is 8.00. The van der Waals surface area contributed by atoms with E-state index >= 15 is 0 Å². The van der Waals surface area contributed by atoms with E-state index in [-0.39, 0.29) is 35.5 Å². The number of fused-ring (bicyclic) bond motifs is 1. The first kappa shape index (κ1) is 36.3. The Labute approximate surface area is 310 Å². The fourth-order valence-electron chi connectivity index (χ4n) is 8.00. The van der Waals surface area contributed by atoms with Gasteiger partial charge in [-0.25, -0.2) is 4.98 Å². The summed E-state index contributed by atoms with van der Waals surface area (Å²) in [4.78, 5) is 56.4. The second kappa shape index (κ2) is 13.7. The standard InChI is InChI=1S/C37H44N12O5/c1-5-48-26(12-18(3)45-48)34(52)43-36-42-24-15-20(32(39)50)9-10-25(24)47(36)11-7-8-21-17-54-28-16-22(33(40)51)14-23-29(28)30(21)37(41,31(23)38)44-35(53)27-13-19(4)46-49(27)6-2/h9-10,12-16,21,30-31H,5-8,11,17,38,41H2,1-4H3,(H2,39,50)(H2,40,51)(H,44,53)(H,42,43,52)/t21-,30?,31?,37-/m1/s1. The molecule has 4 atom stereocenters. The first-order valence-corrected chi connectivity index (χ1v) is 17.9. The highest BCUT2D eigenvalue weighted by molar-refractivity contribution is 6.03. The average Bonchev–Trinajstić information content (AvgIpc) is 3.87. The minimum atomic E-state index is -1.47. The molecule has 4 amide bonds. The maximum Gasteiger partial charge on any atom is 0.276 e. The third-order valence-electron chi connectivity index (χ3n) is 10.5. The number of nitrogens with one attached hydrogen (secondary N) is 2. The van der Waals surface area contributed by atoms with E-state index in [1.54, 1.807) is 51.8 Å². The Morgan fingerprint density at radius 2 is 1.56 bits per heavy atom. The van der Waals surface area contributed by atoms with Crippen LogP contribution in [0.25, 0.3) is 11.0 Å². The van der Waals surface area contributed by atoms with Crippen molar-refractivity contribution in [2.45, 2.75) is 77.8 Å². The Bertz CT molecular complexity index is 2340. The maximum atomic E-state index is 13.9. The van der Waals surface area contributed by atoms with Crippen molar-refractivity contribution in [2.75, 3.05) is 11.9 Å². The lowest BCUT2D eigenvalue weighted by atomic mass is 9.77. The van der Waals surface area contributed by atoms with Gasteiger partial charge >= 0.3 is 0 Å². The average molecular weight is 737 g/mol. The van der Waals surface area contributed by atoms with Gasteiger partial charge in [-0.05, 0) is 88.6 Å². The minimum absolute atomic E-state index is 0.226. The van der Waals surface area contributed by atoms with Crippen molar-refractivity contribution in [3.8, 4) is 5.75 Å². The summed E-state index contributed by atoms with van der Waals surface area (Å²) in [6, 6.07) is 10.7. The number of nitrogens with two attached hydrogens (primary N) is 4. The predicted octanol–water partition coefficient (Wildman–Crippen LogP) is 2.21. The summed E-state index contributed by atoms with van der Waals surface area (Å²) in [6.07, 6.45) is 1.12. The molecule has 54 heavy (non-hydrogen) atoms. The van der Waals surface area contributed by atoms with Crippen LogP contribution in [0.5, 0.6) is 5.75 Å². The van der Waals surface area contributed by atoms with Crippen LogP contribution >= 0.6 is 0 Å². The summed E-state index contributed by atoms with van der Waals surface area (Å²) in [7, 11) is 0. The van der Waals surface area contributed by atoms with Crippen molar-refractivity contribution < 1.29 is 23.9 Å². The number of carbonyl (C=O) groups excluding carboxylic acids is 4. The Morgan fingerprint density at radius 3 is 2.19 bits per heavy atom. The van der Waals surface area contributed by atoms with Gasteiger partial charge in [0.05, 0.1) is 35.1 Å². The highest BCUT2D eigenvalue weighted by Gasteiger charge is 2.56. The van der Waals surface area contributed by atoms with Crippen LogP contribution in [0.2, 0.25) is 0 Å². The summed E-state index contributed by atoms with van der Waals surface area (Å²) < 4.78 is 11.4. The van der Waals surface area contributed by atoms with Gasteiger partial charge in [0.1, 0.15) is 22.8 Å². The molecule has 10 N–H and O–H groups in total. The molecule has 17 nitrogen and oxygen atoms in total. The molecule has 2 aliphatic rings. The number of primary amides is 2. The third-order valence-corrected chi connectivity index (χ3v) is 10.5. The van der Waals surface area contributed by atoms with Gasteiger partial charge in [-0.1, -0.05) is 0 Å². The number of hydrogen-bond donors (Lipinski definition) is 6. The normalized spacial score (nSPS) is 20.1. The number of aromatic nitrogens is 6. The third kappa shape index (κ3) is 6.14. The number of imidazole rings is 1. The largest absolute Gasteiger partial charge is 0.493 e. The van der Waals surface area contributed by atoms with Crippen LogP contribution < -0.4 is 38.3 Å². The summed E-state index contributed by atoms with van der Waals surface area (Å²) in [6.45, 7) is 9.02. The van der Waals surface area contributed by atoms with Gasteiger partial charge in [-0.15, -0.1) is 0 Å². The zero-order valence-corrected chi connectivity index (χ0v) is 30.6. The van der Waals surface area contributed by atoms with Gasteiger partial charge < -0.3 is 37.6 Å². The van der Waals surface area contributed by atoms with Crippen molar-refractivity contribution in [2.24, 2.45) is 28.9 Å². The molecule has 1 aliphatic carbocycles. The molecule has 17 heteroatoms. The molecule has 2 aromatic carbocycles. The molecule has 0 spiro atoms. The predicted molar refractivity (Wildman–Crippen MR) is 199 cm³/mol. The smallest absolute Gasteiger partial charge is 0.276 e. The number of benzene rings is 2. The molecule has 3 aromatic heterocycles. The zero-order chi connectivity index (χ0) is 38.6. The van der Waals surface area contributed by atoms with E-state index in [0.29, 0.717) is 77.6 Å². The first-order valence-electron chi connectivity index (χ1n) is 17.9. The lowest BCUT2D eigenvalue weighted by Crippen LogP contribution is -2.64. The van der Waals surface area contributed by atoms with E-state index in [1.807, 2.05) is 32.3 Å². The van der Waals surface area contributed by atoms with E-state index in [0.717, 1.165) is 5.56 Å². The Hall–Kier alpha value is -6.07. The molecule has 7 rings (SSSR count). The van der Waals surface area contributed by atoms with Crippen LogP contribution in [0.15, 0.2) is 42.5 Å². The second-order valence-electron chi connectivity index (χ2n) is 14.0. The number of ether oxygens (including phenoxy) is 1. The molecule has 0 fully saturated rings. The second-order valence-corrected chi connectivity index (χ2v) is 14.0. The van der Waals surface area contributed by atoms with E-state index < -0.39 is 35.3 Å². The van der Waals surface area contributed by atoms with Crippen LogP contribution in [0.3, 0.4) is 0 Å². The van der Waals surface area contributed by atoms with Crippen LogP contribution in [0.4, 0.5) is 5.95 Å². The van der Waals surface area contributed by atoms with Crippen molar-refractivity contribution in [3.63, 3.8) is 0 Å². The van der Waals surface area contributed by atoms with E-state index in [9.17, 15) is 19.2 Å². The Balaban J connectivity index is 1.20. The molecular formula is C37H44N12O5. The molecule has 5 aromatic rings. The van der Waals surface area contributed by atoms with Gasteiger partial charge in [-0.2, -0.15) is 10.2 Å². The van der Waals surface area contributed by atoms with Crippen LogP contribution in [-0.2, 0) is 19.6 Å². The van der Waals surface area contributed by atoms with Gasteiger partial charge in [0.2, 0.25) is 17.8 Å². The van der Waals surface area contributed by atoms with Crippen LogP contribution in [-0.4, -0.2) is 65.0 Å². The highest BCUT2D eigenvalue weighted by Crippen LogP contribution is 2.55. The number of anilines is 1. The van der Waals surface area contributed by atoms with Crippen molar-refractivity contribution >= 4 is 40.6 Å². The Kier molecular flexibility index (Phi) is 9.23. The molecule has 1 aliphatic heterocycles. The van der Waals surface area contributed by atoms with Crippen molar-refractivity contribution in [1.82, 2.24) is 34.4 Å². The number of carbonyl (C=O) groups is 4. The number of nitrogens with zero attached hydrogens (tertiary/aromatic N) is 6. The van der Waals surface area contributed by atoms with E-state index in [4.69, 9.17) is 32.7 Å². The zero-order valence-electron chi connectivity index (χ0n) is 30.6. The number of aryl methyl sites for hydroxylation is 5. The number of hydrogen-bond acceptors (Lipinski definition) is 10. The number of amides is 4. The first-order chi connectivity index (χ1) is 25.7. The van der Waals surface area contributed by atoms with E-state index in [2.05, 4.69) is 20.8 Å². The molecule has 4 heterocycles. The molecule has 282 valence electrons. The molecule has 0 radical (unpaired) electrons. The molecule has 0 saturated heterocycles. The summed E-state index contributed by atoms with van der Waals surface area (Å²) in [5, 5.41) is 14.8. The van der Waals surface area contributed by atoms with Crippen molar-refractivity contribution in [3.05, 3.63) is 87.5 Å². The molecule has 2 unspecified atom stereocenters. The summed E-state index contributed by atoms with van der Waals surface area (Å²) >= 11 is 0. The fraction of sp³-hybridized carbons (Fsp3) is 0.378. The topological polar surface area (TPSA) is 259 Å². The quantitative estimate of drug-likeness (QED) is 0.102. The maximum absolute atomic E-state index is 13.9. The van der Waals surface area contributed by atoms with Gasteiger partial charge in [0.25, 0.3) is 11.8 Å². The summed E-state index contributed by atoms with van der Waals surface area (Å²) in [5.74, 6) is -2.04. The van der Waals surface area contributed by atoms with Gasteiger partial charge in [0, 0.05) is 48.2 Å². The summed E-state index contributed by atoms with van der Waals surface area (Å²) in [5.41, 5.74) is 29.0. The lowest BCUT2D eigenvalue weighted by molar-refractivity contribution is 0.0779.